The SMILES string of the molecule is Cc1csc(-c2ccc([C@H](C)N3CCCC3C(N)=O)cc2)n1. The molecule has 1 saturated heterocycles. The van der Waals surface area contributed by atoms with Crippen LogP contribution in [0.1, 0.15) is 37.1 Å². The van der Waals surface area contributed by atoms with Gasteiger partial charge in [0, 0.05) is 22.7 Å². The van der Waals surface area contributed by atoms with Crippen LogP contribution >= 0.6 is 11.3 Å². The number of aromatic nitrogens is 1. The number of hydrogen-bond donors (Lipinski definition) is 1. The van der Waals surface area contributed by atoms with E-state index in [9.17, 15) is 4.79 Å². The van der Waals surface area contributed by atoms with E-state index in [1.165, 1.54) is 5.56 Å². The van der Waals surface area contributed by atoms with Crippen LogP contribution in [0.3, 0.4) is 0 Å². The number of likely N-dealkylation sites (tertiary alicyclic amines) is 1. The van der Waals surface area contributed by atoms with Crippen molar-refractivity contribution in [3.8, 4) is 10.6 Å². The van der Waals surface area contributed by atoms with Gasteiger partial charge in [-0.3, -0.25) is 9.69 Å². The topological polar surface area (TPSA) is 59.2 Å². The molecule has 1 unspecified atom stereocenters. The zero-order valence-electron chi connectivity index (χ0n) is 13.0. The summed E-state index contributed by atoms with van der Waals surface area (Å²) in [6.07, 6.45) is 1.91. The van der Waals surface area contributed by atoms with E-state index < -0.39 is 0 Å². The lowest BCUT2D eigenvalue weighted by Gasteiger charge is -2.29. The van der Waals surface area contributed by atoms with Gasteiger partial charge in [0.1, 0.15) is 5.01 Å². The third-order valence-electron chi connectivity index (χ3n) is 4.38. The first-order chi connectivity index (χ1) is 10.6. The van der Waals surface area contributed by atoms with Gasteiger partial charge in [-0.2, -0.15) is 0 Å². The van der Waals surface area contributed by atoms with E-state index in [0.717, 1.165) is 35.7 Å². The third kappa shape index (κ3) is 2.91. The molecule has 1 amide bonds. The molecule has 22 heavy (non-hydrogen) atoms. The fourth-order valence-corrected chi connectivity index (χ4v) is 3.94. The maximum atomic E-state index is 11.6. The van der Waals surface area contributed by atoms with Gasteiger partial charge in [-0.15, -0.1) is 11.3 Å². The number of benzene rings is 1. The number of primary amides is 1. The Balaban J connectivity index is 1.79. The number of thiazole rings is 1. The Morgan fingerprint density at radius 3 is 2.73 bits per heavy atom. The molecule has 1 fully saturated rings. The molecule has 2 aromatic rings. The van der Waals surface area contributed by atoms with Gasteiger partial charge in [0.15, 0.2) is 0 Å². The van der Waals surface area contributed by atoms with E-state index in [1.54, 1.807) is 11.3 Å². The standard InChI is InChI=1S/C17H21N3OS/c1-11-10-22-17(19-11)14-7-5-13(6-8-14)12(2)20-9-3-4-15(20)16(18)21/h5-8,10,12,15H,3-4,9H2,1-2H3,(H2,18,21)/t12-,15?/m0/s1. The van der Waals surface area contributed by atoms with Crippen molar-refractivity contribution in [3.05, 3.63) is 40.9 Å². The Morgan fingerprint density at radius 2 is 2.14 bits per heavy atom. The Bertz CT molecular complexity index is 665. The smallest absolute Gasteiger partial charge is 0.234 e. The molecule has 0 spiro atoms. The van der Waals surface area contributed by atoms with Crippen molar-refractivity contribution in [1.82, 2.24) is 9.88 Å². The second-order valence-corrected chi connectivity index (χ2v) is 6.75. The van der Waals surface area contributed by atoms with Gasteiger partial charge in [-0.05, 0) is 38.8 Å². The van der Waals surface area contributed by atoms with Gasteiger partial charge >= 0.3 is 0 Å². The van der Waals surface area contributed by atoms with Crippen LogP contribution < -0.4 is 5.73 Å². The fraction of sp³-hybridized carbons (Fsp3) is 0.412. The van der Waals surface area contributed by atoms with Gasteiger partial charge in [0.25, 0.3) is 0 Å². The summed E-state index contributed by atoms with van der Waals surface area (Å²) in [5.41, 5.74) is 8.93. The maximum Gasteiger partial charge on any atom is 0.234 e. The summed E-state index contributed by atoms with van der Waals surface area (Å²) in [5, 5.41) is 3.11. The van der Waals surface area contributed by atoms with Crippen molar-refractivity contribution in [3.63, 3.8) is 0 Å². The van der Waals surface area contributed by atoms with E-state index in [1.807, 2.05) is 6.92 Å². The number of amides is 1. The highest BCUT2D eigenvalue weighted by atomic mass is 32.1. The number of carbonyl (C=O) groups is 1. The molecule has 0 aliphatic carbocycles. The summed E-state index contributed by atoms with van der Waals surface area (Å²) in [5.74, 6) is -0.209. The molecule has 2 heterocycles. The first kappa shape index (κ1) is 15.2. The second-order valence-electron chi connectivity index (χ2n) is 5.89. The third-order valence-corrected chi connectivity index (χ3v) is 5.39. The molecule has 1 aliphatic rings. The van der Waals surface area contributed by atoms with E-state index in [2.05, 4.69) is 46.5 Å². The van der Waals surface area contributed by atoms with Gasteiger partial charge in [0.05, 0.1) is 6.04 Å². The minimum absolute atomic E-state index is 0.128. The van der Waals surface area contributed by atoms with Crippen molar-refractivity contribution in [2.45, 2.75) is 38.8 Å². The van der Waals surface area contributed by atoms with Crippen LogP contribution in [-0.2, 0) is 4.79 Å². The second kappa shape index (κ2) is 6.18. The molecule has 2 atom stereocenters. The Kier molecular flexibility index (Phi) is 4.27. The zero-order valence-corrected chi connectivity index (χ0v) is 13.8. The predicted octanol–water partition coefficient (Wildman–Crippen LogP) is 3.13. The molecule has 4 nitrogen and oxygen atoms in total. The summed E-state index contributed by atoms with van der Waals surface area (Å²) in [4.78, 5) is 18.3. The van der Waals surface area contributed by atoms with Gasteiger partial charge in [0.2, 0.25) is 5.91 Å². The molecule has 1 aromatic heterocycles. The largest absolute Gasteiger partial charge is 0.368 e. The number of nitrogens with zero attached hydrogens (tertiary/aromatic N) is 2. The normalized spacial score (nSPS) is 20.2. The lowest BCUT2D eigenvalue weighted by Crippen LogP contribution is -2.41. The van der Waals surface area contributed by atoms with E-state index in [4.69, 9.17) is 5.73 Å². The molecule has 0 radical (unpaired) electrons. The maximum absolute atomic E-state index is 11.6. The van der Waals surface area contributed by atoms with Crippen LogP contribution in [0, 0.1) is 6.92 Å². The number of rotatable bonds is 4. The van der Waals surface area contributed by atoms with E-state index in [-0.39, 0.29) is 18.0 Å². The monoisotopic (exact) mass is 315 g/mol. The fourth-order valence-electron chi connectivity index (χ4n) is 3.14. The molecule has 0 saturated carbocycles. The molecular weight excluding hydrogens is 294 g/mol. The Labute approximate surface area is 135 Å². The summed E-state index contributed by atoms with van der Waals surface area (Å²) < 4.78 is 0. The van der Waals surface area contributed by atoms with Crippen molar-refractivity contribution in [2.75, 3.05) is 6.54 Å². The highest BCUT2D eigenvalue weighted by Gasteiger charge is 2.32. The number of nitrogens with two attached hydrogens (primary N) is 1. The first-order valence-electron chi connectivity index (χ1n) is 7.64. The van der Waals surface area contributed by atoms with Gasteiger partial charge in [-0.25, -0.2) is 4.98 Å². The number of hydrogen-bond acceptors (Lipinski definition) is 4. The van der Waals surface area contributed by atoms with Crippen molar-refractivity contribution in [1.29, 1.82) is 0 Å². The molecule has 116 valence electrons. The van der Waals surface area contributed by atoms with Crippen LogP contribution in [-0.4, -0.2) is 28.4 Å². The van der Waals surface area contributed by atoms with Crippen LogP contribution in [0.2, 0.25) is 0 Å². The molecule has 1 aromatic carbocycles. The predicted molar refractivity (Wildman–Crippen MR) is 89.6 cm³/mol. The zero-order chi connectivity index (χ0) is 15.7. The highest BCUT2D eigenvalue weighted by Crippen LogP contribution is 2.31. The Morgan fingerprint density at radius 1 is 1.41 bits per heavy atom. The van der Waals surface area contributed by atoms with E-state index in [0.29, 0.717) is 0 Å². The van der Waals surface area contributed by atoms with Gasteiger partial charge in [-0.1, -0.05) is 24.3 Å². The molecular formula is C17H21N3OS. The molecule has 5 heteroatoms. The molecule has 2 N–H and O–H groups in total. The van der Waals surface area contributed by atoms with E-state index >= 15 is 0 Å². The quantitative estimate of drug-likeness (QED) is 0.943. The molecule has 3 rings (SSSR count). The van der Waals surface area contributed by atoms with Crippen LogP contribution in [0.4, 0.5) is 0 Å². The molecule has 0 bridgehead atoms. The first-order valence-corrected chi connectivity index (χ1v) is 8.52. The number of carbonyl (C=O) groups excluding carboxylic acids is 1. The lowest BCUT2D eigenvalue weighted by atomic mass is 10.0. The van der Waals surface area contributed by atoms with Gasteiger partial charge < -0.3 is 5.73 Å². The van der Waals surface area contributed by atoms with Crippen molar-refractivity contribution in [2.24, 2.45) is 5.73 Å². The van der Waals surface area contributed by atoms with Crippen molar-refractivity contribution < 1.29 is 4.79 Å². The lowest BCUT2D eigenvalue weighted by molar-refractivity contribution is -0.122. The number of aryl methyl sites for hydroxylation is 1. The summed E-state index contributed by atoms with van der Waals surface area (Å²) in [6.45, 7) is 5.08. The van der Waals surface area contributed by atoms with Crippen molar-refractivity contribution >= 4 is 17.2 Å². The van der Waals surface area contributed by atoms with Crippen LogP contribution in [0.25, 0.3) is 10.6 Å². The summed E-state index contributed by atoms with van der Waals surface area (Å²) >= 11 is 1.66. The summed E-state index contributed by atoms with van der Waals surface area (Å²) in [6, 6.07) is 8.56. The minimum atomic E-state index is -0.209. The average Bonchev–Trinajstić information content (AvgIpc) is 3.15. The Hall–Kier alpha value is -1.72. The summed E-state index contributed by atoms with van der Waals surface area (Å²) in [7, 11) is 0. The van der Waals surface area contributed by atoms with Crippen LogP contribution in [0.15, 0.2) is 29.6 Å². The highest BCUT2D eigenvalue weighted by molar-refractivity contribution is 7.13. The molecule has 1 aliphatic heterocycles. The minimum Gasteiger partial charge on any atom is -0.368 e. The average molecular weight is 315 g/mol. The van der Waals surface area contributed by atoms with Crippen LogP contribution in [0.5, 0.6) is 0 Å².